The Hall–Kier alpha value is -1.51. The molecule has 3 nitrogen and oxygen atoms in total. The van der Waals surface area contributed by atoms with Crippen molar-refractivity contribution in [3.63, 3.8) is 0 Å². The van der Waals surface area contributed by atoms with Crippen molar-refractivity contribution in [2.75, 3.05) is 19.3 Å². The van der Waals surface area contributed by atoms with Crippen LogP contribution in [0.5, 0.6) is 0 Å². The van der Waals surface area contributed by atoms with Gasteiger partial charge >= 0.3 is 0 Å². The van der Waals surface area contributed by atoms with Gasteiger partial charge in [0, 0.05) is 25.7 Å². The van der Waals surface area contributed by atoms with Crippen LogP contribution in [0.2, 0.25) is 0 Å². The molecule has 1 rings (SSSR count). The molecule has 1 aromatic rings. The maximum atomic E-state index is 11.8. The smallest absolute Gasteiger partial charge is 0.222 e. The van der Waals surface area contributed by atoms with Crippen LogP contribution in [-0.4, -0.2) is 24.4 Å². The lowest BCUT2D eigenvalue weighted by molar-refractivity contribution is -0.129. The predicted molar refractivity (Wildman–Crippen MR) is 71.7 cm³/mol. The van der Waals surface area contributed by atoms with E-state index in [1.165, 1.54) is 0 Å². The number of hydrogen-bond acceptors (Lipinski definition) is 2. The van der Waals surface area contributed by atoms with Gasteiger partial charge in [-0.3, -0.25) is 4.79 Å². The van der Waals surface area contributed by atoms with E-state index < -0.39 is 0 Å². The lowest BCUT2D eigenvalue weighted by Crippen LogP contribution is -2.27. The molecule has 0 unspecified atom stereocenters. The average Bonchev–Trinajstić information content (AvgIpc) is 2.34. The third-order valence-corrected chi connectivity index (χ3v) is 2.88. The highest BCUT2D eigenvalue weighted by Gasteiger charge is 2.07. The molecule has 0 aliphatic rings. The van der Waals surface area contributed by atoms with Crippen LogP contribution >= 0.6 is 0 Å². The van der Waals surface area contributed by atoms with Crippen molar-refractivity contribution in [2.45, 2.75) is 32.6 Å². The molecule has 0 radical (unpaired) electrons. The summed E-state index contributed by atoms with van der Waals surface area (Å²) in [6.07, 6.45) is 3.55. The second kappa shape index (κ2) is 6.94. The number of benzene rings is 1. The Balaban J connectivity index is 2.34. The van der Waals surface area contributed by atoms with Crippen molar-refractivity contribution >= 4 is 11.6 Å². The van der Waals surface area contributed by atoms with E-state index in [1.807, 2.05) is 36.2 Å². The number of carbonyl (C=O) groups excluding carboxylic acids is 1. The number of anilines is 1. The zero-order valence-corrected chi connectivity index (χ0v) is 10.8. The second-order valence-corrected chi connectivity index (χ2v) is 4.41. The third kappa shape index (κ3) is 4.89. The molecule has 17 heavy (non-hydrogen) atoms. The van der Waals surface area contributed by atoms with Crippen molar-refractivity contribution in [2.24, 2.45) is 0 Å². The van der Waals surface area contributed by atoms with Gasteiger partial charge in [0.15, 0.2) is 0 Å². The van der Waals surface area contributed by atoms with Crippen molar-refractivity contribution in [1.29, 1.82) is 0 Å². The number of hydrogen-bond donors (Lipinski definition) is 1. The molecular weight excluding hydrogens is 212 g/mol. The normalized spacial score (nSPS) is 10.2. The monoisotopic (exact) mass is 234 g/mol. The first-order valence-corrected chi connectivity index (χ1v) is 6.22. The minimum Gasteiger partial charge on any atom is -0.399 e. The molecule has 0 fully saturated rings. The first-order valence-electron chi connectivity index (χ1n) is 6.22. The summed E-state index contributed by atoms with van der Waals surface area (Å²) in [7, 11) is 1.88. The van der Waals surface area contributed by atoms with Gasteiger partial charge in [0.1, 0.15) is 0 Å². The van der Waals surface area contributed by atoms with Crippen LogP contribution < -0.4 is 5.73 Å². The van der Waals surface area contributed by atoms with E-state index in [1.54, 1.807) is 0 Å². The van der Waals surface area contributed by atoms with Crippen LogP contribution in [0.3, 0.4) is 0 Å². The van der Waals surface area contributed by atoms with Crippen molar-refractivity contribution in [3.05, 3.63) is 29.8 Å². The van der Waals surface area contributed by atoms with Gasteiger partial charge in [-0.05, 0) is 30.5 Å². The Kier molecular flexibility index (Phi) is 5.53. The molecule has 0 aliphatic heterocycles. The van der Waals surface area contributed by atoms with E-state index in [2.05, 4.69) is 6.92 Å². The maximum Gasteiger partial charge on any atom is 0.222 e. The molecule has 0 bridgehead atoms. The molecule has 0 saturated heterocycles. The lowest BCUT2D eigenvalue weighted by atomic mass is 10.1. The molecule has 0 atom stereocenters. The van der Waals surface area contributed by atoms with Crippen LogP contribution in [0.15, 0.2) is 24.3 Å². The number of amides is 1. The van der Waals surface area contributed by atoms with Gasteiger partial charge in [0.2, 0.25) is 5.91 Å². The first-order chi connectivity index (χ1) is 8.13. The summed E-state index contributed by atoms with van der Waals surface area (Å²) < 4.78 is 0. The summed E-state index contributed by atoms with van der Waals surface area (Å²) in [5.74, 6) is 0.218. The van der Waals surface area contributed by atoms with E-state index in [0.717, 1.165) is 37.1 Å². The van der Waals surface area contributed by atoms with E-state index in [-0.39, 0.29) is 5.91 Å². The summed E-state index contributed by atoms with van der Waals surface area (Å²) in [5.41, 5.74) is 7.54. The molecule has 0 spiro atoms. The highest BCUT2D eigenvalue weighted by atomic mass is 16.2. The van der Waals surface area contributed by atoms with Crippen molar-refractivity contribution in [3.8, 4) is 0 Å². The molecular formula is C14H22N2O. The Labute approximate surface area is 104 Å². The SMILES string of the molecule is CCCCN(C)C(=O)CCc1ccc(N)cc1. The molecule has 0 aromatic heterocycles. The summed E-state index contributed by atoms with van der Waals surface area (Å²) in [6.45, 7) is 2.99. The number of carbonyl (C=O) groups is 1. The van der Waals surface area contributed by atoms with E-state index in [9.17, 15) is 4.79 Å². The molecule has 3 heteroatoms. The van der Waals surface area contributed by atoms with Crippen LogP contribution in [0, 0.1) is 0 Å². The summed E-state index contributed by atoms with van der Waals surface area (Å²) >= 11 is 0. The molecule has 1 amide bonds. The fraction of sp³-hybridized carbons (Fsp3) is 0.500. The zero-order chi connectivity index (χ0) is 12.7. The number of aryl methyl sites for hydroxylation is 1. The molecule has 0 heterocycles. The Morgan fingerprint density at radius 1 is 1.29 bits per heavy atom. The summed E-state index contributed by atoms with van der Waals surface area (Å²) in [5, 5.41) is 0. The topological polar surface area (TPSA) is 46.3 Å². The lowest BCUT2D eigenvalue weighted by Gasteiger charge is -2.16. The highest BCUT2D eigenvalue weighted by molar-refractivity contribution is 5.76. The van der Waals surface area contributed by atoms with E-state index in [0.29, 0.717) is 6.42 Å². The minimum absolute atomic E-state index is 0.218. The van der Waals surface area contributed by atoms with Gasteiger partial charge in [-0.25, -0.2) is 0 Å². The molecule has 0 saturated carbocycles. The van der Waals surface area contributed by atoms with Crippen molar-refractivity contribution < 1.29 is 4.79 Å². The fourth-order valence-electron chi connectivity index (χ4n) is 1.65. The maximum absolute atomic E-state index is 11.8. The number of nitrogens with zero attached hydrogens (tertiary/aromatic N) is 1. The van der Waals surface area contributed by atoms with Crippen LogP contribution in [-0.2, 0) is 11.2 Å². The van der Waals surface area contributed by atoms with Gasteiger partial charge in [0.25, 0.3) is 0 Å². The standard InChI is InChI=1S/C14H22N2O/c1-3-4-11-16(2)14(17)10-7-12-5-8-13(15)9-6-12/h5-6,8-9H,3-4,7,10-11,15H2,1-2H3. The Morgan fingerprint density at radius 3 is 2.53 bits per heavy atom. The number of rotatable bonds is 6. The van der Waals surface area contributed by atoms with Gasteiger partial charge in [0.05, 0.1) is 0 Å². The highest BCUT2D eigenvalue weighted by Crippen LogP contribution is 2.08. The largest absolute Gasteiger partial charge is 0.399 e. The number of nitrogen functional groups attached to an aromatic ring is 1. The summed E-state index contributed by atoms with van der Waals surface area (Å²) in [6, 6.07) is 7.71. The third-order valence-electron chi connectivity index (χ3n) is 2.88. The van der Waals surface area contributed by atoms with Crippen LogP contribution in [0.4, 0.5) is 5.69 Å². The fourth-order valence-corrected chi connectivity index (χ4v) is 1.65. The van der Waals surface area contributed by atoms with Gasteiger partial charge < -0.3 is 10.6 Å². The van der Waals surface area contributed by atoms with E-state index in [4.69, 9.17) is 5.73 Å². The Bertz CT molecular complexity index is 346. The number of unbranched alkanes of at least 4 members (excludes halogenated alkanes) is 1. The molecule has 0 aliphatic carbocycles. The minimum atomic E-state index is 0.218. The van der Waals surface area contributed by atoms with Gasteiger partial charge in [-0.1, -0.05) is 25.5 Å². The van der Waals surface area contributed by atoms with E-state index >= 15 is 0 Å². The van der Waals surface area contributed by atoms with Crippen LogP contribution in [0.1, 0.15) is 31.7 Å². The van der Waals surface area contributed by atoms with Crippen molar-refractivity contribution in [1.82, 2.24) is 4.90 Å². The summed E-state index contributed by atoms with van der Waals surface area (Å²) in [4.78, 5) is 13.6. The van der Waals surface area contributed by atoms with Gasteiger partial charge in [-0.15, -0.1) is 0 Å². The average molecular weight is 234 g/mol. The molecule has 1 aromatic carbocycles. The van der Waals surface area contributed by atoms with Gasteiger partial charge in [-0.2, -0.15) is 0 Å². The number of nitrogens with two attached hydrogens (primary N) is 1. The zero-order valence-electron chi connectivity index (χ0n) is 10.8. The second-order valence-electron chi connectivity index (χ2n) is 4.41. The molecule has 2 N–H and O–H groups in total. The molecule has 94 valence electrons. The predicted octanol–water partition coefficient (Wildman–Crippen LogP) is 2.46. The van der Waals surface area contributed by atoms with Crippen LogP contribution in [0.25, 0.3) is 0 Å². The quantitative estimate of drug-likeness (QED) is 0.768. The Morgan fingerprint density at radius 2 is 1.94 bits per heavy atom. The first kappa shape index (κ1) is 13.6.